The van der Waals surface area contributed by atoms with Crippen LogP contribution in [0.25, 0.3) is 21.2 Å². The van der Waals surface area contributed by atoms with Crippen LogP contribution in [-0.2, 0) is 11.3 Å². The molecule has 8 heteroatoms. The highest BCUT2D eigenvalue weighted by atomic mass is 32.1. The molecule has 4 rings (SSSR count). The molecule has 0 radical (unpaired) electrons. The lowest BCUT2D eigenvalue weighted by Gasteiger charge is -2.06. The van der Waals surface area contributed by atoms with Gasteiger partial charge in [0.2, 0.25) is 5.43 Å². The third-order valence-corrected chi connectivity index (χ3v) is 5.47. The van der Waals surface area contributed by atoms with E-state index in [1.807, 2.05) is 6.92 Å². The molecule has 0 N–H and O–H groups in total. The minimum atomic E-state index is -0.735. The maximum atomic E-state index is 14.4. The van der Waals surface area contributed by atoms with E-state index in [2.05, 4.69) is 4.99 Å². The van der Waals surface area contributed by atoms with Gasteiger partial charge in [-0.05, 0) is 31.2 Å². The zero-order valence-electron chi connectivity index (χ0n) is 15.6. The Balaban J connectivity index is 1.84. The van der Waals surface area contributed by atoms with Gasteiger partial charge in [0, 0.05) is 13.2 Å². The van der Waals surface area contributed by atoms with E-state index in [1.54, 1.807) is 41.0 Å². The predicted octanol–water partition coefficient (Wildman–Crippen LogP) is 3.73. The molecule has 2 aromatic heterocycles. The molecule has 0 bridgehead atoms. The van der Waals surface area contributed by atoms with Crippen LogP contribution < -0.4 is 10.2 Å². The molecule has 2 aromatic carbocycles. The van der Waals surface area contributed by atoms with E-state index in [0.29, 0.717) is 45.7 Å². The fraction of sp³-hybridized carbons (Fsp3) is 0.190. The number of aromatic nitrogens is 1. The summed E-state index contributed by atoms with van der Waals surface area (Å²) in [6.45, 7) is 3.06. The number of fused-ring (bicyclic) bond motifs is 2. The SMILES string of the molecule is CCOCCn1c(=NC(=O)c2coc3ccccc3c2=O)sc2cccc(F)c21. The smallest absolute Gasteiger partial charge is 0.286 e. The summed E-state index contributed by atoms with van der Waals surface area (Å²) in [6.07, 6.45) is 1.12. The van der Waals surface area contributed by atoms with Gasteiger partial charge in [-0.15, -0.1) is 0 Å². The van der Waals surface area contributed by atoms with Crippen molar-refractivity contribution in [3.05, 3.63) is 75.1 Å². The maximum absolute atomic E-state index is 14.4. The summed E-state index contributed by atoms with van der Waals surface area (Å²) in [7, 11) is 0. The first-order valence-electron chi connectivity index (χ1n) is 9.05. The zero-order valence-corrected chi connectivity index (χ0v) is 16.4. The molecule has 0 aliphatic rings. The lowest BCUT2D eigenvalue weighted by molar-refractivity contribution is 0.0994. The highest BCUT2D eigenvalue weighted by molar-refractivity contribution is 7.16. The van der Waals surface area contributed by atoms with Gasteiger partial charge in [0.15, 0.2) is 4.80 Å². The van der Waals surface area contributed by atoms with E-state index >= 15 is 0 Å². The Morgan fingerprint density at radius 2 is 2.07 bits per heavy atom. The van der Waals surface area contributed by atoms with Crippen LogP contribution in [0.15, 0.2) is 62.9 Å². The van der Waals surface area contributed by atoms with Crippen molar-refractivity contribution in [2.45, 2.75) is 13.5 Å². The van der Waals surface area contributed by atoms with Crippen LogP contribution in [0, 0.1) is 5.82 Å². The number of thiazole rings is 1. The Bertz CT molecular complexity index is 1340. The maximum Gasteiger partial charge on any atom is 0.286 e. The first-order valence-corrected chi connectivity index (χ1v) is 9.87. The minimum absolute atomic E-state index is 0.169. The topological polar surface area (TPSA) is 73.8 Å². The van der Waals surface area contributed by atoms with Crippen LogP contribution in [0.4, 0.5) is 4.39 Å². The average Bonchev–Trinajstić information content (AvgIpc) is 3.07. The highest BCUT2D eigenvalue weighted by Gasteiger charge is 2.16. The van der Waals surface area contributed by atoms with Crippen LogP contribution in [0.5, 0.6) is 0 Å². The van der Waals surface area contributed by atoms with Gasteiger partial charge >= 0.3 is 0 Å². The number of hydrogen-bond acceptors (Lipinski definition) is 5. The number of amides is 1. The lowest BCUT2D eigenvalue weighted by atomic mass is 10.2. The molecule has 29 heavy (non-hydrogen) atoms. The molecular formula is C21H17FN2O4S. The normalized spacial score (nSPS) is 12.1. The number of benzene rings is 2. The molecule has 0 atom stereocenters. The van der Waals surface area contributed by atoms with Crippen molar-refractivity contribution < 1.29 is 18.3 Å². The fourth-order valence-electron chi connectivity index (χ4n) is 3.05. The number of carbonyl (C=O) groups is 1. The Morgan fingerprint density at radius 3 is 2.90 bits per heavy atom. The van der Waals surface area contributed by atoms with Crippen molar-refractivity contribution in [2.75, 3.05) is 13.2 Å². The molecule has 148 valence electrons. The third-order valence-electron chi connectivity index (χ3n) is 4.42. The number of carbonyl (C=O) groups excluding carboxylic acids is 1. The fourth-order valence-corrected chi connectivity index (χ4v) is 4.12. The van der Waals surface area contributed by atoms with Gasteiger partial charge in [-0.2, -0.15) is 4.99 Å². The van der Waals surface area contributed by atoms with Gasteiger partial charge in [0.1, 0.15) is 23.2 Å². The minimum Gasteiger partial charge on any atom is -0.463 e. The summed E-state index contributed by atoms with van der Waals surface area (Å²) in [6, 6.07) is 11.4. The van der Waals surface area contributed by atoms with Gasteiger partial charge in [-0.1, -0.05) is 29.5 Å². The standard InChI is InChI=1S/C21H17FN2O4S/c1-2-27-11-10-24-18-15(22)7-5-9-17(18)29-21(24)23-20(26)14-12-28-16-8-4-3-6-13(16)19(14)25/h3-9,12H,2,10-11H2,1H3. The molecule has 0 unspecified atom stereocenters. The summed E-state index contributed by atoms with van der Waals surface area (Å²) in [5, 5.41) is 0.306. The van der Waals surface area contributed by atoms with E-state index < -0.39 is 17.2 Å². The van der Waals surface area contributed by atoms with Gasteiger partial charge in [-0.3, -0.25) is 9.59 Å². The van der Waals surface area contributed by atoms with Crippen LogP contribution in [0.1, 0.15) is 17.3 Å². The predicted molar refractivity (Wildman–Crippen MR) is 109 cm³/mol. The van der Waals surface area contributed by atoms with Crippen molar-refractivity contribution >= 4 is 38.4 Å². The summed E-state index contributed by atoms with van der Waals surface area (Å²) >= 11 is 1.18. The Morgan fingerprint density at radius 1 is 1.24 bits per heavy atom. The second kappa shape index (κ2) is 8.10. The number of halogens is 1. The summed E-state index contributed by atoms with van der Waals surface area (Å²) in [4.78, 5) is 29.8. The molecule has 0 fully saturated rings. The zero-order chi connectivity index (χ0) is 20.4. The van der Waals surface area contributed by atoms with Crippen molar-refractivity contribution in [3.63, 3.8) is 0 Å². The van der Waals surface area contributed by atoms with Gasteiger partial charge in [-0.25, -0.2) is 4.39 Å². The molecular weight excluding hydrogens is 395 g/mol. The van der Waals surface area contributed by atoms with Crippen LogP contribution in [0.2, 0.25) is 0 Å². The summed E-state index contributed by atoms with van der Waals surface area (Å²) in [5.41, 5.74) is 0.130. The van der Waals surface area contributed by atoms with Gasteiger partial charge < -0.3 is 13.7 Å². The quantitative estimate of drug-likeness (QED) is 0.468. The van der Waals surface area contributed by atoms with E-state index in [0.717, 1.165) is 6.26 Å². The number of rotatable bonds is 5. The van der Waals surface area contributed by atoms with Crippen LogP contribution >= 0.6 is 11.3 Å². The van der Waals surface area contributed by atoms with Crippen molar-refractivity contribution in [1.82, 2.24) is 4.57 Å². The van der Waals surface area contributed by atoms with Crippen molar-refractivity contribution in [1.29, 1.82) is 0 Å². The number of hydrogen-bond donors (Lipinski definition) is 0. The molecule has 0 spiro atoms. The Kier molecular flexibility index (Phi) is 5.37. The molecule has 4 aromatic rings. The first-order chi connectivity index (χ1) is 14.1. The number of nitrogens with zero attached hydrogens (tertiary/aromatic N) is 2. The molecule has 0 aliphatic carbocycles. The van der Waals surface area contributed by atoms with E-state index in [9.17, 15) is 14.0 Å². The van der Waals surface area contributed by atoms with Crippen molar-refractivity contribution in [3.8, 4) is 0 Å². The largest absolute Gasteiger partial charge is 0.463 e. The van der Waals surface area contributed by atoms with E-state index in [-0.39, 0.29) is 5.56 Å². The number of ether oxygens (including phenoxy) is 1. The van der Waals surface area contributed by atoms with Gasteiger partial charge in [0.25, 0.3) is 5.91 Å². The number of para-hydroxylation sites is 2. The molecule has 0 saturated heterocycles. The molecule has 0 saturated carbocycles. The molecule has 0 aliphatic heterocycles. The van der Waals surface area contributed by atoms with E-state index in [4.69, 9.17) is 9.15 Å². The van der Waals surface area contributed by atoms with Crippen LogP contribution in [-0.4, -0.2) is 23.7 Å². The Hall–Kier alpha value is -3.10. The van der Waals surface area contributed by atoms with Crippen molar-refractivity contribution in [2.24, 2.45) is 4.99 Å². The average molecular weight is 412 g/mol. The second-order valence-electron chi connectivity index (χ2n) is 6.21. The summed E-state index contributed by atoms with van der Waals surface area (Å²) in [5.74, 6) is -1.14. The Labute approximate surface area is 168 Å². The second-order valence-corrected chi connectivity index (χ2v) is 7.22. The summed E-state index contributed by atoms with van der Waals surface area (Å²) < 4.78 is 27.5. The first kappa shape index (κ1) is 19.2. The van der Waals surface area contributed by atoms with Crippen LogP contribution in [0.3, 0.4) is 0 Å². The molecule has 6 nitrogen and oxygen atoms in total. The molecule has 2 heterocycles. The third kappa shape index (κ3) is 3.64. The monoisotopic (exact) mass is 412 g/mol. The van der Waals surface area contributed by atoms with Gasteiger partial charge in [0.05, 0.1) is 22.2 Å². The lowest BCUT2D eigenvalue weighted by Crippen LogP contribution is -2.22. The highest BCUT2D eigenvalue weighted by Crippen LogP contribution is 2.20. The molecule has 1 amide bonds. The van der Waals surface area contributed by atoms with E-state index in [1.165, 1.54) is 17.4 Å².